The highest BCUT2D eigenvalue weighted by Gasteiger charge is 2.27. The quantitative estimate of drug-likeness (QED) is 0.649. The number of hydrogen-bond donors (Lipinski definition) is 1. The zero-order chi connectivity index (χ0) is 7.61. The van der Waals surface area contributed by atoms with Gasteiger partial charge in [0.25, 0.3) is 0 Å². The summed E-state index contributed by atoms with van der Waals surface area (Å²) in [5.74, 6) is 0.782. The fourth-order valence-corrected chi connectivity index (χ4v) is 2.39. The van der Waals surface area contributed by atoms with Crippen molar-refractivity contribution in [2.75, 3.05) is 12.3 Å². The summed E-state index contributed by atoms with van der Waals surface area (Å²) < 4.78 is 24.4. The highest BCUT2D eigenvalue weighted by Crippen LogP contribution is 2.29. The first-order valence-electron chi connectivity index (χ1n) is 3.61. The Bertz CT molecular complexity index is 194. The van der Waals surface area contributed by atoms with Gasteiger partial charge in [-0.15, -0.1) is 0 Å². The summed E-state index contributed by atoms with van der Waals surface area (Å²) >= 11 is 0. The van der Waals surface area contributed by atoms with E-state index < -0.39 is 10.0 Å². The van der Waals surface area contributed by atoms with Crippen molar-refractivity contribution >= 4 is 10.0 Å². The van der Waals surface area contributed by atoms with Crippen LogP contribution < -0.4 is 4.72 Å². The lowest BCUT2D eigenvalue weighted by Crippen LogP contribution is -2.26. The molecule has 0 saturated heterocycles. The molecule has 0 bridgehead atoms. The van der Waals surface area contributed by atoms with Gasteiger partial charge in [0.05, 0.1) is 5.75 Å². The Kier molecular flexibility index (Phi) is 2.31. The lowest BCUT2D eigenvalue weighted by atomic mass is 10.5. The second-order valence-corrected chi connectivity index (χ2v) is 4.57. The maximum absolute atomic E-state index is 11.0. The van der Waals surface area contributed by atoms with Crippen LogP contribution in [0.2, 0.25) is 0 Å². The first-order chi connectivity index (χ1) is 4.64. The number of sulfonamides is 1. The van der Waals surface area contributed by atoms with Gasteiger partial charge in [-0.1, -0.05) is 6.92 Å². The van der Waals surface area contributed by atoms with Gasteiger partial charge in [-0.2, -0.15) is 0 Å². The zero-order valence-corrected chi connectivity index (χ0v) is 6.95. The van der Waals surface area contributed by atoms with Gasteiger partial charge < -0.3 is 0 Å². The monoisotopic (exact) mass is 163 g/mol. The Hall–Kier alpha value is -0.0900. The molecule has 1 rings (SSSR count). The van der Waals surface area contributed by atoms with Crippen LogP contribution >= 0.6 is 0 Å². The lowest BCUT2D eigenvalue weighted by Gasteiger charge is -2.00. The number of nitrogens with one attached hydrogen (secondary N) is 1. The van der Waals surface area contributed by atoms with Gasteiger partial charge in [0.2, 0.25) is 10.0 Å². The average molecular weight is 163 g/mol. The molecule has 0 atom stereocenters. The van der Waals surface area contributed by atoms with E-state index in [-0.39, 0.29) is 0 Å². The van der Waals surface area contributed by atoms with Crippen LogP contribution in [0.3, 0.4) is 0 Å². The van der Waals surface area contributed by atoms with Gasteiger partial charge in [0.15, 0.2) is 0 Å². The van der Waals surface area contributed by atoms with E-state index in [9.17, 15) is 8.42 Å². The van der Waals surface area contributed by atoms with Crippen molar-refractivity contribution in [1.82, 2.24) is 4.72 Å². The summed E-state index contributed by atoms with van der Waals surface area (Å²) in [4.78, 5) is 0. The smallest absolute Gasteiger partial charge is 0.211 e. The molecule has 0 aromatic heterocycles. The van der Waals surface area contributed by atoms with Crippen LogP contribution in [0.25, 0.3) is 0 Å². The molecule has 4 heteroatoms. The fraction of sp³-hybridized carbons (Fsp3) is 1.00. The molecule has 0 amide bonds. The average Bonchev–Trinajstić information content (AvgIpc) is 2.48. The second-order valence-electron chi connectivity index (χ2n) is 2.72. The first kappa shape index (κ1) is 8.01. The third-order valence-corrected chi connectivity index (χ3v) is 3.16. The van der Waals surface area contributed by atoms with Crippen molar-refractivity contribution in [2.45, 2.75) is 19.8 Å². The number of hydrogen-bond acceptors (Lipinski definition) is 2. The van der Waals surface area contributed by atoms with Crippen LogP contribution in [-0.4, -0.2) is 20.7 Å². The molecule has 0 aliphatic heterocycles. The summed E-state index contributed by atoms with van der Waals surface area (Å²) in [5.41, 5.74) is 0. The maximum atomic E-state index is 11.0. The number of rotatable bonds is 4. The minimum Gasteiger partial charge on any atom is -0.216 e. The molecule has 0 aromatic carbocycles. The van der Waals surface area contributed by atoms with Gasteiger partial charge in [0.1, 0.15) is 0 Å². The van der Waals surface area contributed by atoms with E-state index in [1.807, 2.05) is 0 Å². The zero-order valence-electron chi connectivity index (χ0n) is 6.13. The highest BCUT2D eigenvalue weighted by molar-refractivity contribution is 7.89. The second kappa shape index (κ2) is 2.88. The van der Waals surface area contributed by atoms with E-state index in [2.05, 4.69) is 4.72 Å². The van der Waals surface area contributed by atoms with E-state index in [4.69, 9.17) is 0 Å². The van der Waals surface area contributed by atoms with Crippen molar-refractivity contribution in [1.29, 1.82) is 0 Å². The summed E-state index contributed by atoms with van der Waals surface area (Å²) in [7, 11) is -2.92. The van der Waals surface area contributed by atoms with E-state index >= 15 is 0 Å². The van der Waals surface area contributed by atoms with Crippen LogP contribution in [-0.2, 0) is 10.0 Å². The molecule has 10 heavy (non-hydrogen) atoms. The molecule has 1 saturated carbocycles. The van der Waals surface area contributed by atoms with Crippen LogP contribution in [0.15, 0.2) is 0 Å². The minimum absolute atomic E-state index is 0.334. The van der Waals surface area contributed by atoms with Crippen molar-refractivity contribution in [3.05, 3.63) is 0 Å². The lowest BCUT2D eigenvalue weighted by molar-refractivity contribution is 0.580. The Morgan fingerprint density at radius 1 is 1.50 bits per heavy atom. The van der Waals surface area contributed by atoms with Gasteiger partial charge >= 0.3 is 0 Å². The van der Waals surface area contributed by atoms with E-state index in [0.29, 0.717) is 18.2 Å². The van der Waals surface area contributed by atoms with Gasteiger partial charge in [-0.25, -0.2) is 13.1 Å². The summed E-state index contributed by atoms with van der Waals surface area (Å²) in [6.07, 6.45) is 2.18. The van der Waals surface area contributed by atoms with Crippen molar-refractivity contribution in [3.8, 4) is 0 Å². The van der Waals surface area contributed by atoms with Crippen molar-refractivity contribution in [3.63, 3.8) is 0 Å². The van der Waals surface area contributed by atoms with Crippen LogP contribution in [0.1, 0.15) is 19.8 Å². The molecule has 0 spiro atoms. The fourth-order valence-electron chi connectivity index (χ4n) is 0.874. The highest BCUT2D eigenvalue weighted by atomic mass is 32.2. The van der Waals surface area contributed by atoms with Gasteiger partial charge in [-0.3, -0.25) is 0 Å². The van der Waals surface area contributed by atoms with Gasteiger partial charge in [-0.05, 0) is 18.8 Å². The molecule has 1 aliphatic rings. The molecule has 0 heterocycles. The van der Waals surface area contributed by atoms with Gasteiger partial charge in [0, 0.05) is 6.54 Å². The molecular formula is C6H13NO2S. The topological polar surface area (TPSA) is 46.2 Å². The molecule has 0 aromatic rings. The molecule has 1 fully saturated rings. The normalized spacial score (nSPS) is 19.3. The third kappa shape index (κ3) is 2.66. The summed E-state index contributed by atoms with van der Waals surface area (Å²) in [5, 5.41) is 0. The first-order valence-corrected chi connectivity index (χ1v) is 5.26. The predicted molar refractivity (Wildman–Crippen MR) is 40.2 cm³/mol. The molecule has 1 N–H and O–H groups in total. The van der Waals surface area contributed by atoms with Crippen LogP contribution in [0.5, 0.6) is 0 Å². The standard InChI is InChI=1S/C6H13NO2S/c1-2-7-10(8,9)5-6-3-4-6/h6-7H,2-5H2,1H3. The SMILES string of the molecule is CCNS(=O)(=O)CC1CC1. The Balaban J connectivity index is 2.34. The molecule has 0 radical (unpaired) electrons. The van der Waals surface area contributed by atoms with Crippen molar-refractivity contribution in [2.24, 2.45) is 5.92 Å². The molecular weight excluding hydrogens is 150 g/mol. The molecule has 1 aliphatic carbocycles. The Morgan fingerprint density at radius 2 is 2.10 bits per heavy atom. The van der Waals surface area contributed by atoms with E-state index in [0.717, 1.165) is 12.8 Å². The minimum atomic E-state index is -2.92. The molecule has 3 nitrogen and oxygen atoms in total. The van der Waals surface area contributed by atoms with E-state index in [1.54, 1.807) is 6.92 Å². The van der Waals surface area contributed by atoms with Crippen LogP contribution in [0.4, 0.5) is 0 Å². The molecule has 0 unspecified atom stereocenters. The predicted octanol–water partition coefficient (Wildman–Crippen LogP) is 0.336. The molecule has 60 valence electrons. The third-order valence-electron chi connectivity index (χ3n) is 1.52. The Morgan fingerprint density at radius 3 is 2.50 bits per heavy atom. The van der Waals surface area contributed by atoms with E-state index in [1.165, 1.54) is 0 Å². The van der Waals surface area contributed by atoms with Crippen molar-refractivity contribution < 1.29 is 8.42 Å². The van der Waals surface area contributed by atoms with Crippen LogP contribution in [0, 0.1) is 5.92 Å². The Labute approximate surface area is 61.9 Å². The summed E-state index contributed by atoms with van der Waals surface area (Å²) in [6, 6.07) is 0. The summed E-state index contributed by atoms with van der Waals surface area (Å²) in [6.45, 7) is 2.31. The largest absolute Gasteiger partial charge is 0.216 e. The maximum Gasteiger partial charge on any atom is 0.211 e.